The van der Waals surface area contributed by atoms with Crippen LogP contribution in [0.4, 0.5) is 18.9 Å². The van der Waals surface area contributed by atoms with Crippen molar-refractivity contribution in [3.8, 4) is 5.75 Å². The standard InChI is InChI=1S/C17H17F3N4O4/c18-17(19,20)7-28-9-4-5-10-8(6-9)2-1-3-11(10)22-15(26)13-12(21)14(25)24-16(27)23-13/h4-6,11H,1-3,7,21H2,(H,22,26)(H2,23,24,25,27)/t11-/m0/s1. The van der Waals surface area contributed by atoms with Gasteiger partial charge in [0.15, 0.2) is 6.61 Å². The van der Waals surface area contributed by atoms with Gasteiger partial charge in [0.1, 0.15) is 17.1 Å². The summed E-state index contributed by atoms with van der Waals surface area (Å²) in [5.41, 5.74) is 4.55. The Kier molecular flexibility index (Phi) is 5.16. The van der Waals surface area contributed by atoms with Crippen LogP contribution >= 0.6 is 0 Å². The van der Waals surface area contributed by atoms with Crippen molar-refractivity contribution in [2.45, 2.75) is 31.5 Å². The summed E-state index contributed by atoms with van der Waals surface area (Å²) in [7, 11) is 0. The molecule has 11 heteroatoms. The zero-order valence-electron chi connectivity index (χ0n) is 14.5. The van der Waals surface area contributed by atoms with Crippen molar-refractivity contribution in [1.29, 1.82) is 0 Å². The number of halogens is 3. The predicted molar refractivity (Wildman–Crippen MR) is 93.2 cm³/mol. The number of nitrogens with two attached hydrogens (primary N) is 1. The van der Waals surface area contributed by atoms with Crippen molar-refractivity contribution in [3.63, 3.8) is 0 Å². The molecule has 28 heavy (non-hydrogen) atoms. The number of aryl methyl sites for hydroxylation is 1. The van der Waals surface area contributed by atoms with Gasteiger partial charge in [-0.05, 0) is 42.5 Å². The van der Waals surface area contributed by atoms with Gasteiger partial charge in [0.05, 0.1) is 6.04 Å². The van der Waals surface area contributed by atoms with E-state index in [0.29, 0.717) is 19.3 Å². The molecular weight excluding hydrogens is 381 g/mol. The Balaban J connectivity index is 1.80. The number of benzene rings is 1. The Bertz CT molecular complexity index is 1010. The first-order valence-corrected chi connectivity index (χ1v) is 8.39. The average Bonchev–Trinajstić information content (AvgIpc) is 2.62. The normalized spacial score (nSPS) is 16.3. The van der Waals surface area contributed by atoms with Crippen molar-refractivity contribution in [3.05, 3.63) is 55.9 Å². The molecule has 0 aliphatic heterocycles. The third kappa shape index (κ3) is 4.35. The molecule has 0 saturated heterocycles. The molecule has 1 aliphatic rings. The zero-order chi connectivity index (χ0) is 20.5. The van der Waals surface area contributed by atoms with Crippen LogP contribution in [0.1, 0.15) is 40.5 Å². The van der Waals surface area contributed by atoms with Gasteiger partial charge in [-0.15, -0.1) is 0 Å². The fourth-order valence-corrected chi connectivity index (χ4v) is 3.10. The van der Waals surface area contributed by atoms with E-state index in [1.807, 2.05) is 4.98 Å². The van der Waals surface area contributed by atoms with Crippen LogP contribution in [0, 0.1) is 0 Å². The summed E-state index contributed by atoms with van der Waals surface area (Å²) < 4.78 is 41.7. The second kappa shape index (κ2) is 7.41. The minimum Gasteiger partial charge on any atom is -0.484 e. The first kappa shape index (κ1) is 19.5. The van der Waals surface area contributed by atoms with E-state index in [1.54, 1.807) is 6.07 Å². The summed E-state index contributed by atoms with van der Waals surface area (Å²) in [6.07, 6.45) is -2.55. The Morgan fingerprint density at radius 2 is 2.04 bits per heavy atom. The SMILES string of the molecule is Nc1c(C(=O)N[C@H]2CCCc3cc(OCC(F)(F)F)ccc32)[nH]c(=O)[nH]c1=O. The van der Waals surface area contributed by atoms with E-state index in [4.69, 9.17) is 10.5 Å². The van der Waals surface area contributed by atoms with Crippen LogP contribution in [0.5, 0.6) is 5.75 Å². The minimum atomic E-state index is -4.43. The Morgan fingerprint density at radius 1 is 1.29 bits per heavy atom. The molecule has 0 radical (unpaired) electrons. The van der Waals surface area contributed by atoms with Gasteiger partial charge >= 0.3 is 11.9 Å². The fourth-order valence-electron chi connectivity index (χ4n) is 3.10. The lowest BCUT2D eigenvalue weighted by atomic mass is 9.87. The smallest absolute Gasteiger partial charge is 0.422 e. The van der Waals surface area contributed by atoms with Crippen LogP contribution in [0.3, 0.4) is 0 Å². The molecule has 5 N–H and O–H groups in total. The van der Waals surface area contributed by atoms with Gasteiger partial charge in [-0.3, -0.25) is 14.6 Å². The highest BCUT2D eigenvalue weighted by Crippen LogP contribution is 2.33. The van der Waals surface area contributed by atoms with Gasteiger partial charge in [0.25, 0.3) is 11.5 Å². The first-order valence-electron chi connectivity index (χ1n) is 8.39. The summed E-state index contributed by atoms with van der Waals surface area (Å²) in [5.74, 6) is -0.637. The van der Waals surface area contributed by atoms with Gasteiger partial charge in [0, 0.05) is 0 Å². The number of nitrogen functional groups attached to an aromatic ring is 1. The lowest BCUT2D eigenvalue weighted by Gasteiger charge is -2.27. The van der Waals surface area contributed by atoms with Crippen LogP contribution < -0.4 is 27.0 Å². The summed E-state index contributed by atoms with van der Waals surface area (Å²) in [4.78, 5) is 39.5. The molecule has 1 aromatic heterocycles. The number of fused-ring (bicyclic) bond motifs is 1. The van der Waals surface area contributed by atoms with Gasteiger partial charge < -0.3 is 20.8 Å². The van der Waals surface area contributed by atoms with Crippen molar-refractivity contribution in [1.82, 2.24) is 15.3 Å². The molecular formula is C17H17F3N4O4. The zero-order valence-corrected chi connectivity index (χ0v) is 14.5. The fraction of sp³-hybridized carbons (Fsp3) is 0.353. The number of aromatic amines is 2. The Morgan fingerprint density at radius 3 is 2.75 bits per heavy atom. The monoisotopic (exact) mass is 398 g/mol. The van der Waals surface area contributed by atoms with Crippen molar-refractivity contribution >= 4 is 11.6 Å². The molecule has 0 bridgehead atoms. The van der Waals surface area contributed by atoms with E-state index < -0.39 is 41.7 Å². The van der Waals surface area contributed by atoms with Gasteiger partial charge in [-0.2, -0.15) is 13.2 Å². The highest BCUT2D eigenvalue weighted by atomic mass is 19.4. The number of anilines is 1. The maximum atomic E-state index is 12.5. The number of aromatic nitrogens is 2. The maximum absolute atomic E-state index is 12.5. The van der Waals surface area contributed by atoms with Gasteiger partial charge in [0.2, 0.25) is 0 Å². The number of carbonyl (C=O) groups is 1. The third-order valence-electron chi connectivity index (χ3n) is 4.34. The third-order valence-corrected chi connectivity index (χ3v) is 4.34. The second-order valence-corrected chi connectivity index (χ2v) is 6.38. The lowest BCUT2D eigenvalue weighted by molar-refractivity contribution is -0.153. The summed E-state index contributed by atoms with van der Waals surface area (Å²) >= 11 is 0. The molecule has 3 rings (SSSR count). The van der Waals surface area contributed by atoms with Crippen LogP contribution in [0.15, 0.2) is 27.8 Å². The summed E-state index contributed by atoms with van der Waals surface area (Å²) in [5, 5.41) is 2.70. The average molecular weight is 398 g/mol. The van der Waals surface area contributed by atoms with E-state index in [1.165, 1.54) is 12.1 Å². The molecule has 1 aliphatic carbocycles. The summed E-state index contributed by atoms with van der Waals surface area (Å²) in [6.45, 7) is -1.39. The van der Waals surface area contributed by atoms with E-state index >= 15 is 0 Å². The number of hydrogen-bond acceptors (Lipinski definition) is 5. The summed E-state index contributed by atoms with van der Waals surface area (Å²) in [6, 6.07) is 4.06. The number of H-pyrrole nitrogens is 2. The van der Waals surface area contributed by atoms with Gasteiger partial charge in [-0.1, -0.05) is 6.07 Å². The maximum Gasteiger partial charge on any atom is 0.422 e. The molecule has 1 atom stereocenters. The molecule has 0 unspecified atom stereocenters. The molecule has 1 heterocycles. The number of nitrogens with one attached hydrogen (secondary N) is 3. The molecule has 1 amide bonds. The molecule has 0 spiro atoms. The Labute approximate surface area is 155 Å². The van der Waals surface area contributed by atoms with E-state index in [-0.39, 0.29) is 11.4 Å². The van der Waals surface area contributed by atoms with Crippen molar-refractivity contribution < 1.29 is 22.7 Å². The lowest BCUT2D eigenvalue weighted by Crippen LogP contribution is -2.36. The Hall–Kier alpha value is -3.24. The number of rotatable bonds is 4. The molecule has 1 aromatic carbocycles. The molecule has 2 aromatic rings. The number of alkyl halides is 3. The second-order valence-electron chi connectivity index (χ2n) is 6.38. The quantitative estimate of drug-likeness (QED) is 0.618. The van der Waals surface area contributed by atoms with Crippen molar-refractivity contribution in [2.24, 2.45) is 0 Å². The molecule has 0 saturated carbocycles. The highest BCUT2D eigenvalue weighted by Gasteiger charge is 2.29. The van der Waals surface area contributed by atoms with E-state index in [2.05, 4.69) is 10.3 Å². The number of hydrogen-bond donors (Lipinski definition) is 4. The highest BCUT2D eigenvalue weighted by molar-refractivity contribution is 5.97. The number of ether oxygens (including phenoxy) is 1. The van der Waals surface area contributed by atoms with Crippen LogP contribution in [0.25, 0.3) is 0 Å². The van der Waals surface area contributed by atoms with Crippen LogP contribution in [0.2, 0.25) is 0 Å². The van der Waals surface area contributed by atoms with Crippen LogP contribution in [-0.4, -0.2) is 28.7 Å². The molecule has 0 fully saturated rings. The van der Waals surface area contributed by atoms with Gasteiger partial charge in [-0.25, -0.2) is 4.79 Å². The molecule has 8 nitrogen and oxygen atoms in total. The van der Waals surface area contributed by atoms with E-state index in [9.17, 15) is 27.6 Å². The minimum absolute atomic E-state index is 0.0891. The number of carbonyl (C=O) groups excluding carboxylic acids is 1. The largest absolute Gasteiger partial charge is 0.484 e. The number of amides is 1. The molecule has 150 valence electrons. The van der Waals surface area contributed by atoms with Crippen LogP contribution in [-0.2, 0) is 6.42 Å². The van der Waals surface area contributed by atoms with E-state index in [0.717, 1.165) is 11.1 Å². The topological polar surface area (TPSA) is 130 Å². The first-order chi connectivity index (χ1) is 13.1. The predicted octanol–water partition coefficient (Wildman–Crippen LogP) is 1.39. The van der Waals surface area contributed by atoms with Crippen molar-refractivity contribution in [2.75, 3.05) is 12.3 Å².